The molecule has 0 aromatic heterocycles. The van der Waals surface area contributed by atoms with Crippen molar-refractivity contribution in [2.24, 2.45) is 0 Å². The van der Waals surface area contributed by atoms with Gasteiger partial charge in [-0.15, -0.1) is 0 Å². The van der Waals surface area contributed by atoms with Crippen molar-refractivity contribution in [1.29, 1.82) is 0 Å². The lowest BCUT2D eigenvalue weighted by molar-refractivity contribution is 0.149. The highest BCUT2D eigenvalue weighted by Crippen LogP contribution is 2.28. The number of anilines is 1. The number of para-hydroxylation sites is 1. The molecule has 2 amide bonds. The lowest BCUT2D eigenvalue weighted by atomic mass is 9.80. The topological polar surface area (TPSA) is 53.2 Å². The van der Waals surface area contributed by atoms with E-state index in [-0.39, 0.29) is 23.2 Å². The lowest BCUT2D eigenvalue weighted by Gasteiger charge is -2.46. The molecule has 0 radical (unpaired) electrons. The number of hydrogen-bond acceptors (Lipinski definition) is 2. The summed E-state index contributed by atoms with van der Waals surface area (Å²) in [4.78, 5) is 12.7. The monoisotopic (exact) mass is 365 g/mol. The second kappa shape index (κ2) is 7.73. The van der Waals surface area contributed by atoms with Crippen molar-refractivity contribution >= 4 is 11.7 Å². The van der Waals surface area contributed by atoms with Crippen LogP contribution in [-0.4, -0.2) is 23.2 Å². The number of carbonyl (C=O) groups is 1. The first-order valence-corrected chi connectivity index (χ1v) is 9.71. The van der Waals surface area contributed by atoms with E-state index in [0.717, 1.165) is 30.5 Å². The second-order valence-electron chi connectivity index (χ2n) is 8.92. The first-order valence-electron chi connectivity index (χ1n) is 9.71. The van der Waals surface area contributed by atoms with Gasteiger partial charge in [0, 0.05) is 22.8 Å². The minimum Gasteiger partial charge on any atom is -0.335 e. The van der Waals surface area contributed by atoms with Gasteiger partial charge in [-0.25, -0.2) is 4.79 Å². The van der Waals surface area contributed by atoms with Gasteiger partial charge in [-0.05, 0) is 64.2 Å². The maximum absolute atomic E-state index is 12.7. The van der Waals surface area contributed by atoms with Crippen molar-refractivity contribution in [3.8, 4) is 0 Å². The third-order valence-corrected chi connectivity index (χ3v) is 5.03. The van der Waals surface area contributed by atoms with Crippen LogP contribution in [0, 0.1) is 0 Å². The highest BCUT2D eigenvalue weighted by Gasteiger charge is 2.38. The zero-order chi connectivity index (χ0) is 19.5. The normalized spacial score (nSPS) is 18.7. The van der Waals surface area contributed by atoms with E-state index in [1.54, 1.807) is 0 Å². The summed E-state index contributed by atoms with van der Waals surface area (Å²) in [6.45, 7) is 8.76. The van der Waals surface area contributed by atoms with Crippen LogP contribution >= 0.6 is 0 Å². The van der Waals surface area contributed by atoms with E-state index in [2.05, 4.69) is 61.8 Å². The molecule has 27 heavy (non-hydrogen) atoms. The minimum absolute atomic E-state index is 0.00487. The van der Waals surface area contributed by atoms with Crippen molar-refractivity contribution in [3.63, 3.8) is 0 Å². The Kier molecular flexibility index (Phi) is 5.56. The molecule has 2 aromatic rings. The Morgan fingerprint density at radius 1 is 0.963 bits per heavy atom. The molecule has 0 atom stereocenters. The van der Waals surface area contributed by atoms with Crippen LogP contribution in [0.15, 0.2) is 54.6 Å². The lowest BCUT2D eigenvalue weighted by Crippen LogP contribution is -2.62. The van der Waals surface area contributed by atoms with Crippen molar-refractivity contribution in [3.05, 3.63) is 65.7 Å². The van der Waals surface area contributed by atoms with Crippen LogP contribution in [0.2, 0.25) is 0 Å². The van der Waals surface area contributed by atoms with Gasteiger partial charge in [-0.2, -0.15) is 0 Å². The molecule has 0 aliphatic carbocycles. The quantitative estimate of drug-likeness (QED) is 0.735. The number of carbonyl (C=O) groups excluding carboxylic acids is 1. The summed E-state index contributed by atoms with van der Waals surface area (Å²) in [5.74, 6) is 0. The molecular weight excluding hydrogens is 334 g/mol. The van der Waals surface area contributed by atoms with Gasteiger partial charge in [0.2, 0.25) is 0 Å². The van der Waals surface area contributed by atoms with Crippen LogP contribution in [0.4, 0.5) is 10.5 Å². The summed E-state index contributed by atoms with van der Waals surface area (Å²) in [7, 11) is 0. The zero-order valence-electron chi connectivity index (χ0n) is 16.8. The van der Waals surface area contributed by atoms with E-state index < -0.39 is 0 Å². The van der Waals surface area contributed by atoms with Crippen LogP contribution in [0.3, 0.4) is 0 Å². The Morgan fingerprint density at radius 3 is 2.22 bits per heavy atom. The number of hydrogen-bond donors (Lipinski definition) is 3. The van der Waals surface area contributed by atoms with Gasteiger partial charge in [-0.1, -0.05) is 48.5 Å². The molecule has 4 nitrogen and oxygen atoms in total. The molecule has 3 rings (SSSR count). The van der Waals surface area contributed by atoms with Crippen molar-refractivity contribution in [2.45, 2.75) is 64.1 Å². The molecule has 3 N–H and O–H groups in total. The number of benzene rings is 2. The van der Waals surface area contributed by atoms with E-state index >= 15 is 0 Å². The number of piperidine rings is 1. The van der Waals surface area contributed by atoms with Gasteiger partial charge in [0.15, 0.2) is 0 Å². The first kappa shape index (κ1) is 19.4. The predicted molar refractivity (Wildman–Crippen MR) is 112 cm³/mol. The molecule has 0 bridgehead atoms. The van der Waals surface area contributed by atoms with E-state index in [0.29, 0.717) is 0 Å². The van der Waals surface area contributed by atoms with E-state index in [1.165, 1.54) is 5.56 Å². The van der Waals surface area contributed by atoms with Gasteiger partial charge in [-0.3, -0.25) is 0 Å². The zero-order valence-corrected chi connectivity index (χ0v) is 16.8. The van der Waals surface area contributed by atoms with Crippen LogP contribution in [0.5, 0.6) is 0 Å². The Hall–Kier alpha value is -2.33. The third kappa shape index (κ3) is 5.57. The minimum atomic E-state index is -0.131. The maximum Gasteiger partial charge on any atom is 0.319 e. The van der Waals surface area contributed by atoms with Gasteiger partial charge < -0.3 is 16.0 Å². The molecule has 0 spiro atoms. The predicted octanol–water partition coefficient (Wildman–Crippen LogP) is 4.71. The van der Waals surface area contributed by atoms with Crippen LogP contribution < -0.4 is 16.0 Å². The van der Waals surface area contributed by atoms with Gasteiger partial charge in [0.05, 0.1) is 0 Å². The Labute approximate surface area is 162 Å². The molecule has 144 valence electrons. The molecule has 1 fully saturated rings. The van der Waals surface area contributed by atoms with Crippen LogP contribution in [-0.2, 0) is 6.42 Å². The Balaban J connectivity index is 1.66. The fourth-order valence-electron chi connectivity index (χ4n) is 4.38. The summed E-state index contributed by atoms with van der Waals surface area (Å²) in [5.41, 5.74) is 3.22. The summed E-state index contributed by atoms with van der Waals surface area (Å²) in [5, 5.41) is 9.89. The smallest absolute Gasteiger partial charge is 0.319 e. The highest BCUT2D eigenvalue weighted by atomic mass is 16.2. The third-order valence-electron chi connectivity index (χ3n) is 5.03. The maximum atomic E-state index is 12.7. The summed E-state index contributed by atoms with van der Waals surface area (Å²) in [6, 6.07) is 18.3. The molecule has 1 aliphatic heterocycles. The summed E-state index contributed by atoms with van der Waals surface area (Å²) < 4.78 is 0. The first-order chi connectivity index (χ1) is 12.7. The van der Waals surface area contributed by atoms with Crippen molar-refractivity contribution in [2.75, 3.05) is 5.32 Å². The SMILES string of the molecule is CC1(C)CC(NC(=O)Nc2ccccc2Cc2ccccc2)CC(C)(C)N1. The Bertz CT molecular complexity index is 767. The standard InChI is InChI=1S/C23H31N3O/c1-22(2)15-19(16-23(3,4)26-22)24-21(27)25-20-13-9-8-12-18(20)14-17-10-6-5-7-11-17/h5-13,19,26H,14-16H2,1-4H3,(H2,24,25,27). The number of amides is 2. The average molecular weight is 366 g/mol. The van der Waals surface area contributed by atoms with E-state index in [9.17, 15) is 4.79 Å². The fourth-order valence-corrected chi connectivity index (χ4v) is 4.38. The summed E-state index contributed by atoms with van der Waals surface area (Å²) >= 11 is 0. The van der Waals surface area contributed by atoms with E-state index in [1.807, 2.05) is 36.4 Å². The molecular formula is C23H31N3O. The average Bonchev–Trinajstić information content (AvgIpc) is 2.54. The van der Waals surface area contributed by atoms with Crippen molar-refractivity contribution in [1.82, 2.24) is 10.6 Å². The van der Waals surface area contributed by atoms with Crippen LogP contribution in [0.25, 0.3) is 0 Å². The van der Waals surface area contributed by atoms with Gasteiger partial charge >= 0.3 is 6.03 Å². The molecule has 0 unspecified atom stereocenters. The van der Waals surface area contributed by atoms with Crippen LogP contribution in [0.1, 0.15) is 51.7 Å². The summed E-state index contributed by atoms with van der Waals surface area (Å²) in [6.07, 6.45) is 2.62. The number of urea groups is 1. The molecule has 1 saturated heterocycles. The molecule has 2 aromatic carbocycles. The molecule has 1 aliphatic rings. The largest absolute Gasteiger partial charge is 0.335 e. The molecule has 1 heterocycles. The molecule has 4 heteroatoms. The molecule has 0 saturated carbocycles. The Morgan fingerprint density at radius 2 is 1.56 bits per heavy atom. The van der Waals surface area contributed by atoms with Gasteiger partial charge in [0.25, 0.3) is 0 Å². The number of rotatable bonds is 4. The highest BCUT2D eigenvalue weighted by molar-refractivity contribution is 5.90. The van der Waals surface area contributed by atoms with Crippen molar-refractivity contribution < 1.29 is 4.79 Å². The second-order valence-corrected chi connectivity index (χ2v) is 8.92. The van der Waals surface area contributed by atoms with Gasteiger partial charge in [0.1, 0.15) is 0 Å². The number of nitrogens with one attached hydrogen (secondary N) is 3. The van der Waals surface area contributed by atoms with E-state index in [4.69, 9.17) is 0 Å². The fraction of sp³-hybridized carbons (Fsp3) is 0.435.